The molecule has 1 saturated heterocycles. The molecule has 4 rings (SSSR count). The third kappa shape index (κ3) is 4.66. The topological polar surface area (TPSA) is 82.7 Å². The SMILES string of the molecule is CC(C)Oc1ccc(S(=O)(=O)N2CCN(CC(=O)c3c[nH]c4ccccc34)CC2)cc1. The predicted molar refractivity (Wildman–Crippen MR) is 120 cm³/mol. The minimum absolute atomic E-state index is 0.0301. The molecule has 0 spiro atoms. The van der Waals surface area contributed by atoms with Crippen molar-refractivity contribution in [2.45, 2.75) is 24.8 Å². The summed E-state index contributed by atoms with van der Waals surface area (Å²) < 4.78 is 33.0. The highest BCUT2D eigenvalue weighted by Gasteiger charge is 2.29. The first kappa shape index (κ1) is 21.5. The van der Waals surface area contributed by atoms with Gasteiger partial charge in [-0.1, -0.05) is 18.2 Å². The summed E-state index contributed by atoms with van der Waals surface area (Å²) in [6, 6.07) is 14.2. The van der Waals surface area contributed by atoms with Gasteiger partial charge in [-0.15, -0.1) is 0 Å². The number of hydrogen-bond donors (Lipinski definition) is 1. The number of carbonyl (C=O) groups is 1. The molecule has 1 aliphatic heterocycles. The molecular formula is C23H27N3O4S. The predicted octanol–water partition coefficient (Wildman–Crippen LogP) is 3.14. The number of aromatic amines is 1. The molecule has 8 heteroatoms. The third-order valence-electron chi connectivity index (χ3n) is 5.42. The number of piperazine rings is 1. The Bertz CT molecular complexity index is 1160. The normalized spacial score (nSPS) is 16.1. The van der Waals surface area contributed by atoms with Crippen LogP contribution >= 0.6 is 0 Å². The maximum Gasteiger partial charge on any atom is 0.243 e. The first-order chi connectivity index (χ1) is 14.8. The van der Waals surface area contributed by atoms with Crippen molar-refractivity contribution < 1.29 is 17.9 Å². The Morgan fingerprint density at radius 1 is 1.03 bits per heavy atom. The standard InChI is InChI=1S/C23H27N3O4S/c1-17(2)30-18-7-9-19(10-8-18)31(28,29)26-13-11-25(12-14-26)16-23(27)21-15-24-22-6-4-3-5-20(21)22/h3-10,15,17,24H,11-14,16H2,1-2H3. The Kier molecular flexibility index (Phi) is 6.13. The van der Waals surface area contributed by atoms with Gasteiger partial charge in [-0.25, -0.2) is 8.42 Å². The van der Waals surface area contributed by atoms with Gasteiger partial charge in [0.05, 0.1) is 17.5 Å². The lowest BCUT2D eigenvalue weighted by molar-refractivity contribution is 0.0903. The zero-order chi connectivity index (χ0) is 22.0. The number of ketones is 1. The van der Waals surface area contributed by atoms with E-state index in [4.69, 9.17) is 4.74 Å². The Morgan fingerprint density at radius 2 is 1.71 bits per heavy atom. The molecule has 1 aromatic heterocycles. The average molecular weight is 442 g/mol. The Labute approximate surface area is 182 Å². The van der Waals surface area contributed by atoms with Crippen molar-refractivity contribution in [1.82, 2.24) is 14.2 Å². The van der Waals surface area contributed by atoms with E-state index < -0.39 is 10.0 Å². The fraction of sp³-hybridized carbons (Fsp3) is 0.348. The van der Waals surface area contributed by atoms with Crippen LogP contribution in [0.4, 0.5) is 0 Å². The van der Waals surface area contributed by atoms with E-state index in [-0.39, 0.29) is 23.3 Å². The molecule has 7 nitrogen and oxygen atoms in total. The second kappa shape index (κ2) is 8.82. The Hall–Kier alpha value is -2.68. The molecule has 0 radical (unpaired) electrons. The van der Waals surface area contributed by atoms with Crippen LogP contribution in [-0.4, -0.2) is 67.2 Å². The molecule has 0 atom stereocenters. The number of fused-ring (bicyclic) bond motifs is 1. The van der Waals surface area contributed by atoms with E-state index in [1.165, 1.54) is 4.31 Å². The summed E-state index contributed by atoms with van der Waals surface area (Å²) in [5, 5.41) is 0.915. The second-order valence-corrected chi connectivity index (χ2v) is 9.93. The van der Waals surface area contributed by atoms with E-state index in [0.717, 1.165) is 10.9 Å². The van der Waals surface area contributed by atoms with Crippen LogP contribution in [0.3, 0.4) is 0 Å². The highest BCUT2D eigenvalue weighted by Crippen LogP contribution is 2.22. The van der Waals surface area contributed by atoms with Crippen LogP contribution in [0.2, 0.25) is 0 Å². The highest BCUT2D eigenvalue weighted by atomic mass is 32.2. The van der Waals surface area contributed by atoms with Crippen LogP contribution in [-0.2, 0) is 10.0 Å². The number of nitrogens with one attached hydrogen (secondary N) is 1. The molecule has 1 aliphatic rings. The molecule has 0 bridgehead atoms. The van der Waals surface area contributed by atoms with E-state index >= 15 is 0 Å². The molecule has 164 valence electrons. The van der Waals surface area contributed by atoms with E-state index in [9.17, 15) is 13.2 Å². The van der Waals surface area contributed by atoms with Gasteiger partial charge in [0.1, 0.15) is 5.75 Å². The van der Waals surface area contributed by atoms with Crippen molar-refractivity contribution in [2.75, 3.05) is 32.7 Å². The zero-order valence-corrected chi connectivity index (χ0v) is 18.6. The Morgan fingerprint density at radius 3 is 2.39 bits per heavy atom. The lowest BCUT2D eigenvalue weighted by atomic mass is 10.1. The van der Waals surface area contributed by atoms with Crippen LogP contribution in [0.15, 0.2) is 59.6 Å². The molecule has 3 aromatic rings. The van der Waals surface area contributed by atoms with Gasteiger partial charge in [-0.3, -0.25) is 9.69 Å². The van der Waals surface area contributed by atoms with Gasteiger partial charge < -0.3 is 9.72 Å². The summed E-state index contributed by atoms with van der Waals surface area (Å²) >= 11 is 0. The molecular weight excluding hydrogens is 414 g/mol. The van der Waals surface area contributed by atoms with Crippen molar-refractivity contribution >= 4 is 26.7 Å². The first-order valence-corrected chi connectivity index (χ1v) is 11.9. The lowest BCUT2D eigenvalue weighted by Gasteiger charge is -2.33. The highest BCUT2D eigenvalue weighted by molar-refractivity contribution is 7.89. The largest absolute Gasteiger partial charge is 0.491 e. The van der Waals surface area contributed by atoms with Gasteiger partial charge in [0.2, 0.25) is 10.0 Å². The molecule has 0 aliphatic carbocycles. The molecule has 1 N–H and O–H groups in total. The molecule has 0 saturated carbocycles. The smallest absolute Gasteiger partial charge is 0.243 e. The van der Waals surface area contributed by atoms with E-state index in [1.54, 1.807) is 30.5 Å². The first-order valence-electron chi connectivity index (χ1n) is 10.4. The van der Waals surface area contributed by atoms with Gasteiger partial charge in [0.15, 0.2) is 5.78 Å². The lowest BCUT2D eigenvalue weighted by Crippen LogP contribution is -2.49. The number of sulfonamides is 1. The van der Waals surface area contributed by atoms with Crippen molar-refractivity contribution in [3.05, 3.63) is 60.3 Å². The number of carbonyl (C=O) groups excluding carboxylic acids is 1. The summed E-state index contributed by atoms with van der Waals surface area (Å²) in [6.45, 7) is 5.86. The number of benzene rings is 2. The van der Waals surface area contributed by atoms with Crippen LogP contribution in [0.1, 0.15) is 24.2 Å². The van der Waals surface area contributed by atoms with Gasteiger partial charge in [0.25, 0.3) is 0 Å². The number of rotatable bonds is 7. The van der Waals surface area contributed by atoms with Gasteiger partial charge >= 0.3 is 0 Å². The van der Waals surface area contributed by atoms with Crippen molar-refractivity contribution in [3.8, 4) is 5.75 Å². The van der Waals surface area contributed by atoms with Gasteiger partial charge in [0, 0.05) is 48.8 Å². The number of hydrogen-bond acceptors (Lipinski definition) is 5. The number of ether oxygens (including phenoxy) is 1. The van der Waals surface area contributed by atoms with Crippen LogP contribution < -0.4 is 4.74 Å². The summed E-state index contributed by atoms with van der Waals surface area (Å²) in [6.07, 6.45) is 1.78. The van der Waals surface area contributed by atoms with E-state index in [0.29, 0.717) is 37.5 Å². The summed E-state index contributed by atoms with van der Waals surface area (Å²) in [5.74, 6) is 0.684. The summed E-state index contributed by atoms with van der Waals surface area (Å²) in [5.41, 5.74) is 1.61. The second-order valence-electron chi connectivity index (χ2n) is 7.99. The fourth-order valence-electron chi connectivity index (χ4n) is 3.83. The maximum absolute atomic E-state index is 13.0. The third-order valence-corrected chi connectivity index (χ3v) is 7.33. The molecule has 0 unspecified atom stereocenters. The molecule has 31 heavy (non-hydrogen) atoms. The number of para-hydroxylation sites is 1. The summed E-state index contributed by atoms with van der Waals surface area (Å²) in [4.78, 5) is 18.2. The number of H-pyrrole nitrogens is 1. The minimum Gasteiger partial charge on any atom is -0.491 e. The number of nitrogens with zero attached hydrogens (tertiary/aromatic N) is 2. The quantitative estimate of drug-likeness (QED) is 0.570. The van der Waals surface area contributed by atoms with Crippen LogP contribution in [0.5, 0.6) is 5.75 Å². The number of aromatic nitrogens is 1. The van der Waals surface area contributed by atoms with Crippen molar-refractivity contribution in [3.63, 3.8) is 0 Å². The molecule has 0 amide bonds. The van der Waals surface area contributed by atoms with E-state index in [2.05, 4.69) is 4.98 Å². The van der Waals surface area contributed by atoms with Gasteiger partial charge in [-0.05, 0) is 44.2 Å². The van der Waals surface area contributed by atoms with E-state index in [1.807, 2.05) is 43.0 Å². The van der Waals surface area contributed by atoms with Gasteiger partial charge in [-0.2, -0.15) is 4.31 Å². The van der Waals surface area contributed by atoms with Crippen LogP contribution in [0.25, 0.3) is 10.9 Å². The van der Waals surface area contributed by atoms with Crippen molar-refractivity contribution in [1.29, 1.82) is 0 Å². The van der Waals surface area contributed by atoms with Crippen LogP contribution in [0, 0.1) is 0 Å². The monoisotopic (exact) mass is 441 g/mol. The summed E-state index contributed by atoms with van der Waals surface area (Å²) in [7, 11) is -3.57. The average Bonchev–Trinajstić information content (AvgIpc) is 3.18. The minimum atomic E-state index is -3.57. The maximum atomic E-state index is 13.0. The molecule has 2 heterocycles. The van der Waals surface area contributed by atoms with Crippen molar-refractivity contribution in [2.24, 2.45) is 0 Å². The fourth-order valence-corrected chi connectivity index (χ4v) is 5.25. The Balaban J connectivity index is 1.37. The molecule has 2 aromatic carbocycles. The zero-order valence-electron chi connectivity index (χ0n) is 17.7. The molecule has 1 fully saturated rings. The number of Topliss-reactive ketones (excluding diaryl/α,β-unsaturated/α-hetero) is 1.